The fraction of sp³-hybridized carbons (Fsp3) is 0.375. The Morgan fingerprint density at radius 3 is 2.59 bits per heavy atom. The first kappa shape index (κ1) is 17.4. The molecule has 0 spiro atoms. The quantitative estimate of drug-likeness (QED) is 0.645. The van der Waals surface area contributed by atoms with E-state index < -0.39 is 17.7 Å². The number of hydrogen-bond acceptors (Lipinski definition) is 5. The standard InChI is InChI=1S/C16H19NO5/c1-16(2,3)22-15(20)17-9-5-6-11-10-12(14(19)21-4)7-8-13(11)18/h7-8,10,18H,9H2,1-4H3,(H,17,20). The molecule has 0 saturated carbocycles. The molecule has 0 bridgehead atoms. The fourth-order valence-corrected chi connectivity index (χ4v) is 1.45. The Labute approximate surface area is 129 Å². The van der Waals surface area contributed by atoms with Gasteiger partial charge in [0.1, 0.15) is 11.4 Å². The van der Waals surface area contributed by atoms with Crippen molar-refractivity contribution in [2.75, 3.05) is 13.7 Å². The van der Waals surface area contributed by atoms with Crippen LogP contribution in [0.15, 0.2) is 18.2 Å². The van der Waals surface area contributed by atoms with Gasteiger partial charge in [-0.05, 0) is 39.0 Å². The maximum Gasteiger partial charge on any atom is 0.408 e. The maximum absolute atomic E-state index is 11.4. The van der Waals surface area contributed by atoms with Crippen molar-refractivity contribution in [1.29, 1.82) is 0 Å². The molecular formula is C16H19NO5. The number of amides is 1. The zero-order chi connectivity index (χ0) is 16.8. The minimum absolute atomic E-state index is 0.0524. The number of phenolic OH excluding ortho intramolecular Hbond substituents is 1. The Hall–Kier alpha value is -2.68. The smallest absolute Gasteiger partial charge is 0.408 e. The number of nitrogens with one attached hydrogen (secondary N) is 1. The van der Waals surface area contributed by atoms with Gasteiger partial charge >= 0.3 is 12.1 Å². The second kappa shape index (κ2) is 7.36. The van der Waals surface area contributed by atoms with E-state index in [1.165, 1.54) is 25.3 Å². The van der Waals surface area contributed by atoms with Crippen LogP contribution in [-0.2, 0) is 9.47 Å². The molecule has 1 aromatic carbocycles. The van der Waals surface area contributed by atoms with Crippen LogP contribution in [0.4, 0.5) is 4.79 Å². The van der Waals surface area contributed by atoms with E-state index >= 15 is 0 Å². The number of hydrogen-bond donors (Lipinski definition) is 2. The molecule has 22 heavy (non-hydrogen) atoms. The van der Waals surface area contributed by atoms with Gasteiger partial charge in [-0.15, -0.1) is 0 Å². The summed E-state index contributed by atoms with van der Waals surface area (Å²) in [7, 11) is 1.27. The Morgan fingerprint density at radius 1 is 1.32 bits per heavy atom. The monoisotopic (exact) mass is 305 g/mol. The van der Waals surface area contributed by atoms with E-state index in [-0.39, 0.29) is 23.4 Å². The van der Waals surface area contributed by atoms with Crippen LogP contribution in [0.1, 0.15) is 36.7 Å². The van der Waals surface area contributed by atoms with Crippen LogP contribution in [0.25, 0.3) is 0 Å². The Morgan fingerprint density at radius 2 is 2.00 bits per heavy atom. The molecule has 0 aliphatic rings. The van der Waals surface area contributed by atoms with E-state index in [1.54, 1.807) is 20.8 Å². The van der Waals surface area contributed by atoms with Crippen molar-refractivity contribution in [1.82, 2.24) is 5.32 Å². The van der Waals surface area contributed by atoms with Crippen LogP contribution in [0.5, 0.6) is 5.75 Å². The van der Waals surface area contributed by atoms with Crippen molar-refractivity contribution in [3.05, 3.63) is 29.3 Å². The first-order chi connectivity index (χ1) is 10.2. The van der Waals surface area contributed by atoms with Crippen molar-refractivity contribution < 1.29 is 24.2 Å². The summed E-state index contributed by atoms with van der Waals surface area (Å²) >= 11 is 0. The topological polar surface area (TPSA) is 84.9 Å². The number of rotatable bonds is 2. The molecule has 0 radical (unpaired) electrons. The third-order valence-corrected chi connectivity index (χ3v) is 2.36. The van der Waals surface area contributed by atoms with E-state index in [9.17, 15) is 14.7 Å². The minimum atomic E-state index is -0.579. The van der Waals surface area contributed by atoms with Crippen molar-refractivity contribution in [3.8, 4) is 17.6 Å². The molecule has 6 nitrogen and oxygen atoms in total. The summed E-state index contributed by atoms with van der Waals surface area (Å²) in [5, 5.41) is 12.2. The Kier molecular flexibility index (Phi) is 5.81. The third-order valence-electron chi connectivity index (χ3n) is 2.36. The lowest BCUT2D eigenvalue weighted by Gasteiger charge is -2.19. The van der Waals surface area contributed by atoms with Gasteiger partial charge in [-0.3, -0.25) is 0 Å². The molecule has 1 rings (SSSR count). The van der Waals surface area contributed by atoms with Crippen molar-refractivity contribution in [2.45, 2.75) is 26.4 Å². The summed E-state index contributed by atoms with van der Waals surface area (Å²) < 4.78 is 9.64. The van der Waals surface area contributed by atoms with Gasteiger partial charge in [0.25, 0.3) is 0 Å². The fourth-order valence-electron chi connectivity index (χ4n) is 1.45. The van der Waals surface area contributed by atoms with Crippen molar-refractivity contribution >= 4 is 12.1 Å². The molecule has 0 saturated heterocycles. The normalized spacial score (nSPS) is 10.2. The van der Waals surface area contributed by atoms with Gasteiger partial charge in [0.05, 0.1) is 24.8 Å². The molecule has 1 amide bonds. The highest BCUT2D eigenvalue weighted by molar-refractivity contribution is 5.90. The van der Waals surface area contributed by atoms with Gasteiger partial charge < -0.3 is 19.9 Å². The Bertz CT molecular complexity index is 620. The average Bonchev–Trinajstić information content (AvgIpc) is 2.42. The summed E-state index contributed by atoms with van der Waals surface area (Å²) in [6, 6.07) is 4.21. The summed E-state index contributed by atoms with van der Waals surface area (Å²) in [5.74, 6) is 4.77. The molecule has 118 valence electrons. The molecule has 1 aromatic rings. The summed E-state index contributed by atoms with van der Waals surface area (Å²) in [4.78, 5) is 22.8. The molecular weight excluding hydrogens is 286 g/mol. The van der Waals surface area contributed by atoms with Gasteiger partial charge in [0, 0.05) is 0 Å². The van der Waals surface area contributed by atoms with Gasteiger partial charge in [-0.1, -0.05) is 11.8 Å². The second-order valence-corrected chi connectivity index (χ2v) is 5.38. The van der Waals surface area contributed by atoms with Gasteiger partial charge in [0.2, 0.25) is 0 Å². The van der Waals surface area contributed by atoms with E-state index in [0.717, 1.165) is 0 Å². The number of esters is 1. The average molecular weight is 305 g/mol. The van der Waals surface area contributed by atoms with E-state index in [4.69, 9.17) is 4.74 Å². The molecule has 0 unspecified atom stereocenters. The summed E-state index contributed by atoms with van der Waals surface area (Å²) in [5.41, 5.74) is -0.0245. The lowest BCUT2D eigenvalue weighted by Crippen LogP contribution is -2.32. The molecule has 2 N–H and O–H groups in total. The van der Waals surface area contributed by atoms with E-state index in [0.29, 0.717) is 0 Å². The number of alkyl carbamates (subject to hydrolysis) is 1. The van der Waals surface area contributed by atoms with Gasteiger partial charge in [-0.25, -0.2) is 9.59 Å². The van der Waals surface area contributed by atoms with Crippen LogP contribution in [-0.4, -0.2) is 36.4 Å². The van der Waals surface area contributed by atoms with Crippen LogP contribution in [0.3, 0.4) is 0 Å². The predicted molar refractivity (Wildman–Crippen MR) is 80.6 cm³/mol. The highest BCUT2D eigenvalue weighted by Crippen LogP contribution is 2.17. The van der Waals surface area contributed by atoms with Crippen molar-refractivity contribution in [3.63, 3.8) is 0 Å². The lowest BCUT2D eigenvalue weighted by atomic mass is 10.1. The van der Waals surface area contributed by atoms with E-state index in [1.807, 2.05) is 0 Å². The number of benzene rings is 1. The van der Waals surface area contributed by atoms with Crippen molar-refractivity contribution in [2.24, 2.45) is 0 Å². The van der Waals surface area contributed by atoms with Gasteiger partial charge in [0.15, 0.2) is 0 Å². The second-order valence-electron chi connectivity index (χ2n) is 5.38. The Balaban J connectivity index is 2.68. The van der Waals surface area contributed by atoms with Crippen LogP contribution >= 0.6 is 0 Å². The summed E-state index contributed by atoms with van der Waals surface area (Å²) in [6.07, 6.45) is -0.575. The summed E-state index contributed by atoms with van der Waals surface area (Å²) in [6.45, 7) is 5.33. The highest BCUT2D eigenvalue weighted by Gasteiger charge is 2.15. The van der Waals surface area contributed by atoms with Crippen LogP contribution < -0.4 is 5.32 Å². The first-order valence-electron chi connectivity index (χ1n) is 6.60. The maximum atomic E-state index is 11.4. The first-order valence-corrected chi connectivity index (χ1v) is 6.60. The molecule has 0 aliphatic carbocycles. The number of ether oxygens (including phenoxy) is 2. The molecule has 0 fully saturated rings. The number of methoxy groups -OCH3 is 1. The number of aromatic hydroxyl groups is 1. The molecule has 0 atom stereocenters. The zero-order valence-electron chi connectivity index (χ0n) is 13.0. The largest absolute Gasteiger partial charge is 0.507 e. The van der Waals surface area contributed by atoms with Gasteiger partial charge in [-0.2, -0.15) is 0 Å². The number of phenols is 1. The molecule has 0 aromatic heterocycles. The SMILES string of the molecule is COC(=O)c1ccc(O)c(C#CCNC(=O)OC(C)(C)C)c1. The lowest BCUT2D eigenvalue weighted by molar-refractivity contribution is 0.0533. The third kappa shape index (κ3) is 5.75. The van der Waals surface area contributed by atoms with Crippen LogP contribution in [0, 0.1) is 11.8 Å². The van der Waals surface area contributed by atoms with E-state index in [2.05, 4.69) is 21.9 Å². The number of carbonyl (C=O) groups excluding carboxylic acids is 2. The highest BCUT2D eigenvalue weighted by atomic mass is 16.6. The predicted octanol–water partition coefficient (Wildman–Crippen LogP) is 2.05. The molecule has 6 heteroatoms. The number of carbonyl (C=O) groups is 2. The molecule has 0 aliphatic heterocycles. The minimum Gasteiger partial charge on any atom is -0.507 e. The molecule has 0 heterocycles. The van der Waals surface area contributed by atoms with Crippen LogP contribution in [0.2, 0.25) is 0 Å². The zero-order valence-corrected chi connectivity index (χ0v) is 13.0.